The molecule has 1 amide bonds. The Morgan fingerprint density at radius 3 is 2.10 bits per heavy atom. The number of benzene rings is 1. The van der Waals surface area contributed by atoms with Crippen molar-refractivity contribution in [2.75, 3.05) is 0 Å². The molecule has 0 saturated carbocycles. The fraction of sp³-hybridized carbons (Fsp3) is 0.636. The van der Waals surface area contributed by atoms with Crippen molar-refractivity contribution in [1.82, 2.24) is 4.90 Å². The van der Waals surface area contributed by atoms with E-state index < -0.39 is 35.7 Å². The zero-order valence-corrected chi connectivity index (χ0v) is 18.6. The fourth-order valence-corrected chi connectivity index (χ4v) is 2.55. The highest BCUT2D eigenvalue weighted by molar-refractivity contribution is 5.81. The summed E-state index contributed by atoms with van der Waals surface area (Å²) in [5.41, 5.74) is -0.697. The van der Waals surface area contributed by atoms with Crippen molar-refractivity contribution >= 4 is 12.1 Å². The number of nitrogens with zero attached hydrogens (tertiary/aromatic N) is 1. The van der Waals surface area contributed by atoms with E-state index in [1.807, 2.05) is 37.3 Å². The number of aliphatic hydroxyl groups is 1. The van der Waals surface area contributed by atoms with Gasteiger partial charge in [0, 0.05) is 0 Å². The van der Waals surface area contributed by atoms with E-state index in [9.17, 15) is 14.7 Å². The lowest BCUT2D eigenvalue weighted by molar-refractivity contribution is -0.240. The summed E-state index contributed by atoms with van der Waals surface area (Å²) in [6, 6.07) is 8.12. The number of hydrogen-bond acceptors (Lipinski definition) is 6. The van der Waals surface area contributed by atoms with Crippen LogP contribution in [0.2, 0.25) is 0 Å². The summed E-state index contributed by atoms with van der Waals surface area (Å²) in [7, 11) is 0. The van der Waals surface area contributed by atoms with E-state index in [4.69, 9.17) is 14.2 Å². The van der Waals surface area contributed by atoms with Crippen molar-refractivity contribution in [3.05, 3.63) is 35.9 Å². The monoisotopic (exact) mass is 409 g/mol. The molecule has 0 aromatic heterocycles. The van der Waals surface area contributed by atoms with Crippen molar-refractivity contribution in [3.63, 3.8) is 0 Å². The van der Waals surface area contributed by atoms with Crippen LogP contribution >= 0.6 is 0 Å². The summed E-state index contributed by atoms with van der Waals surface area (Å²) in [5.74, 6) is -0.618. The predicted molar refractivity (Wildman–Crippen MR) is 110 cm³/mol. The van der Waals surface area contributed by atoms with E-state index in [0.717, 1.165) is 10.5 Å². The molecule has 0 fully saturated rings. The standard InChI is InChI=1S/C22H35NO6/c1-8-12-17(18(24)28-21(2,3)4)23(20(26)29-22(5,6)7)19(25)27-15-16-13-10-9-11-14-16/h9-11,13-14,17,20,26H,8,12,15H2,1-7H3/t17-,20?/m1/s1. The number of aliphatic hydroxyl groups excluding tert-OH is 1. The molecule has 1 aromatic carbocycles. The van der Waals surface area contributed by atoms with Gasteiger partial charge in [0.25, 0.3) is 0 Å². The highest BCUT2D eigenvalue weighted by atomic mass is 16.7. The van der Waals surface area contributed by atoms with Crippen LogP contribution in [0.5, 0.6) is 0 Å². The number of hydrogen-bond donors (Lipinski definition) is 1. The van der Waals surface area contributed by atoms with E-state index in [1.54, 1.807) is 41.5 Å². The molecule has 1 rings (SSSR count). The first-order chi connectivity index (χ1) is 13.3. The first-order valence-corrected chi connectivity index (χ1v) is 9.92. The minimum absolute atomic E-state index is 0.00553. The van der Waals surface area contributed by atoms with Crippen molar-refractivity contribution in [2.45, 2.75) is 91.6 Å². The van der Waals surface area contributed by atoms with Crippen LogP contribution in [0.3, 0.4) is 0 Å². The lowest BCUT2D eigenvalue weighted by atomic mass is 10.1. The summed E-state index contributed by atoms with van der Waals surface area (Å²) in [6.07, 6.45) is -1.63. The molecular formula is C22H35NO6. The van der Waals surface area contributed by atoms with Crippen molar-refractivity contribution < 1.29 is 28.9 Å². The van der Waals surface area contributed by atoms with Crippen molar-refractivity contribution in [1.29, 1.82) is 0 Å². The normalized spacial score (nSPS) is 14.1. The van der Waals surface area contributed by atoms with Gasteiger partial charge in [-0.25, -0.2) is 14.5 Å². The quantitative estimate of drug-likeness (QED) is 0.511. The van der Waals surface area contributed by atoms with Gasteiger partial charge in [-0.1, -0.05) is 43.7 Å². The van der Waals surface area contributed by atoms with Crippen LogP contribution in [-0.4, -0.2) is 45.7 Å². The Hall–Kier alpha value is -2.12. The first-order valence-electron chi connectivity index (χ1n) is 9.92. The molecule has 7 nitrogen and oxygen atoms in total. The molecule has 0 bridgehead atoms. The minimum atomic E-state index is -1.66. The van der Waals surface area contributed by atoms with Crippen LogP contribution in [0.4, 0.5) is 4.79 Å². The molecule has 7 heteroatoms. The largest absolute Gasteiger partial charge is 0.458 e. The molecule has 1 N–H and O–H groups in total. The zero-order chi connectivity index (χ0) is 22.2. The van der Waals surface area contributed by atoms with Crippen LogP contribution in [0.1, 0.15) is 66.9 Å². The van der Waals surface area contributed by atoms with Gasteiger partial charge in [-0.3, -0.25) is 0 Å². The maximum absolute atomic E-state index is 12.9. The predicted octanol–water partition coefficient (Wildman–Crippen LogP) is 4.23. The van der Waals surface area contributed by atoms with E-state index >= 15 is 0 Å². The Labute approximate surface area is 173 Å². The van der Waals surface area contributed by atoms with Crippen LogP contribution in [0.15, 0.2) is 30.3 Å². The molecule has 0 heterocycles. The molecule has 164 valence electrons. The average Bonchev–Trinajstić information content (AvgIpc) is 2.57. The molecular weight excluding hydrogens is 374 g/mol. The molecule has 29 heavy (non-hydrogen) atoms. The fourth-order valence-electron chi connectivity index (χ4n) is 2.55. The second-order valence-electron chi connectivity index (χ2n) is 8.84. The smallest absolute Gasteiger partial charge is 0.414 e. The maximum Gasteiger partial charge on any atom is 0.414 e. The van der Waals surface area contributed by atoms with Gasteiger partial charge in [0.15, 0.2) is 0 Å². The van der Waals surface area contributed by atoms with E-state index in [-0.39, 0.29) is 6.61 Å². The minimum Gasteiger partial charge on any atom is -0.458 e. The van der Waals surface area contributed by atoms with Gasteiger partial charge in [0.05, 0.1) is 5.60 Å². The summed E-state index contributed by atoms with van der Waals surface area (Å²) in [5, 5.41) is 10.7. The van der Waals surface area contributed by atoms with Crippen LogP contribution < -0.4 is 0 Å². The van der Waals surface area contributed by atoms with Crippen LogP contribution in [0, 0.1) is 0 Å². The molecule has 0 saturated heterocycles. The Kier molecular flexibility index (Phi) is 9.11. The van der Waals surface area contributed by atoms with Gasteiger partial charge < -0.3 is 19.3 Å². The lowest BCUT2D eigenvalue weighted by Gasteiger charge is -2.36. The van der Waals surface area contributed by atoms with E-state index in [0.29, 0.717) is 12.8 Å². The zero-order valence-electron chi connectivity index (χ0n) is 18.6. The van der Waals surface area contributed by atoms with Crippen molar-refractivity contribution in [3.8, 4) is 0 Å². The van der Waals surface area contributed by atoms with Gasteiger partial charge in [-0.2, -0.15) is 0 Å². The lowest BCUT2D eigenvalue weighted by Crippen LogP contribution is -2.54. The third-order valence-corrected chi connectivity index (χ3v) is 3.69. The van der Waals surface area contributed by atoms with Crippen LogP contribution in [-0.2, 0) is 25.6 Å². The molecule has 1 aromatic rings. The Morgan fingerprint density at radius 2 is 1.62 bits per heavy atom. The molecule has 2 atom stereocenters. The first kappa shape index (κ1) is 24.9. The highest BCUT2D eigenvalue weighted by Crippen LogP contribution is 2.21. The Morgan fingerprint density at radius 1 is 1.03 bits per heavy atom. The summed E-state index contributed by atoms with van der Waals surface area (Å²) in [4.78, 5) is 26.6. The van der Waals surface area contributed by atoms with Gasteiger partial charge in [-0.15, -0.1) is 0 Å². The third-order valence-electron chi connectivity index (χ3n) is 3.69. The Bertz CT molecular complexity index is 648. The summed E-state index contributed by atoms with van der Waals surface area (Å²) >= 11 is 0. The molecule has 0 spiro atoms. The highest BCUT2D eigenvalue weighted by Gasteiger charge is 2.39. The van der Waals surface area contributed by atoms with Gasteiger partial charge in [0.2, 0.25) is 6.41 Å². The second kappa shape index (κ2) is 10.6. The number of esters is 1. The topological polar surface area (TPSA) is 85.3 Å². The van der Waals surface area contributed by atoms with Gasteiger partial charge in [-0.05, 0) is 53.5 Å². The number of rotatable bonds is 8. The average molecular weight is 410 g/mol. The summed E-state index contributed by atoms with van der Waals surface area (Å²) in [6.45, 7) is 12.3. The SMILES string of the molecule is CCC[C@H](C(=O)OC(C)(C)C)N(C(=O)OCc1ccccc1)C(O)OC(C)(C)C. The number of carbonyl (C=O) groups excluding carboxylic acids is 2. The number of carbonyl (C=O) groups is 2. The number of amides is 1. The number of ether oxygens (including phenoxy) is 3. The van der Waals surface area contributed by atoms with E-state index in [1.165, 1.54) is 0 Å². The second-order valence-corrected chi connectivity index (χ2v) is 8.84. The maximum atomic E-state index is 12.9. The van der Waals surface area contributed by atoms with E-state index in [2.05, 4.69) is 0 Å². The molecule has 1 unspecified atom stereocenters. The van der Waals surface area contributed by atoms with Gasteiger partial charge >= 0.3 is 12.1 Å². The molecule has 0 aliphatic rings. The molecule has 0 aliphatic heterocycles. The van der Waals surface area contributed by atoms with Crippen molar-refractivity contribution in [2.24, 2.45) is 0 Å². The Balaban J connectivity index is 3.11. The van der Waals surface area contributed by atoms with Crippen LogP contribution in [0.25, 0.3) is 0 Å². The summed E-state index contributed by atoms with van der Waals surface area (Å²) < 4.78 is 16.4. The third kappa shape index (κ3) is 9.28. The molecule has 0 radical (unpaired) electrons. The van der Waals surface area contributed by atoms with Gasteiger partial charge in [0.1, 0.15) is 18.2 Å². The molecule has 0 aliphatic carbocycles.